The smallest absolute Gasteiger partial charge is 0.138 e. The highest BCUT2D eigenvalue weighted by Gasteiger charge is 2.02. The molecule has 0 aliphatic carbocycles. The minimum Gasteiger partial charge on any atom is -0.490 e. The zero-order valence-corrected chi connectivity index (χ0v) is 11.5. The second-order valence-corrected chi connectivity index (χ2v) is 4.70. The Bertz CT molecular complexity index is 563. The lowest BCUT2D eigenvalue weighted by Crippen LogP contribution is -2.11. The normalized spacial score (nSPS) is 10.3. The lowest BCUT2D eigenvalue weighted by Gasteiger charge is -2.10. The molecular formula is C14H12Cl2FNO. The average Bonchev–Trinajstić information content (AvgIpc) is 2.37. The van der Waals surface area contributed by atoms with Crippen molar-refractivity contribution >= 4 is 28.9 Å². The molecule has 2 rings (SSSR count). The first kappa shape index (κ1) is 14.0. The summed E-state index contributed by atoms with van der Waals surface area (Å²) >= 11 is 11.8. The van der Waals surface area contributed by atoms with E-state index in [9.17, 15) is 4.39 Å². The minimum absolute atomic E-state index is 0.272. The van der Waals surface area contributed by atoms with Gasteiger partial charge in [-0.05, 0) is 36.4 Å². The van der Waals surface area contributed by atoms with Crippen molar-refractivity contribution in [3.63, 3.8) is 0 Å². The van der Waals surface area contributed by atoms with Gasteiger partial charge in [-0.1, -0.05) is 29.3 Å². The van der Waals surface area contributed by atoms with E-state index in [1.54, 1.807) is 30.3 Å². The quantitative estimate of drug-likeness (QED) is 0.813. The van der Waals surface area contributed by atoms with Crippen LogP contribution in [0.3, 0.4) is 0 Å². The largest absolute Gasteiger partial charge is 0.490 e. The number of hydrogen-bond acceptors (Lipinski definition) is 2. The molecular weight excluding hydrogens is 288 g/mol. The third-order valence-electron chi connectivity index (χ3n) is 2.41. The Labute approximate surface area is 121 Å². The summed E-state index contributed by atoms with van der Waals surface area (Å²) in [5, 5.41) is 4.09. The zero-order valence-electron chi connectivity index (χ0n) is 10.00. The molecule has 0 spiro atoms. The average molecular weight is 300 g/mol. The van der Waals surface area contributed by atoms with Crippen molar-refractivity contribution in [3.05, 3.63) is 58.3 Å². The Kier molecular flexibility index (Phi) is 4.88. The molecule has 2 nitrogen and oxygen atoms in total. The van der Waals surface area contributed by atoms with Gasteiger partial charge in [-0.2, -0.15) is 0 Å². The summed E-state index contributed by atoms with van der Waals surface area (Å²) in [7, 11) is 0. The summed E-state index contributed by atoms with van der Waals surface area (Å²) in [5.41, 5.74) is 0.714. The van der Waals surface area contributed by atoms with Crippen LogP contribution in [-0.4, -0.2) is 13.2 Å². The van der Waals surface area contributed by atoms with Crippen LogP contribution in [0.2, 0.25) is 10.0 Å². The molecule has 0 fully saturated rings. The van der Waals surface area contributed by atoms with E-state index in [1.165, 1.54) is 12.1 Å². The molecule has 0 radical (unpaired) electrons. The van der Waals surface area contributed by atoms with Gasteiger partial charge in [-0.3, -0.25) is 0 Å². The Balaban J connectivity index is 1.81. The van der Waals surface area contributed by atoms with Gasteiger partial charge in [0.25, 0.3) is 0 Å². The molecule has 0 aromatic heterocycles. The van der Waals surface area contributed by atoms with Crippen LogP contribution in [0.5, 0.6) is 5.75 Å². The molecule has 0 aliphatic heterocycles. The number of hydrogen-bond donors (Lipinski definition) is 1. The van der Waals surface area contributed by atoms with Crippen molar-refractivity contribution < 1.29 is 9.13 Å². The maximum absolute atomic E-state index is 12.9. The number of rotatable bonds is 5. The number of nitrogens with one attached hydrogen (secondary N) is 1. The first-order valence-corrected chi connectivity index (χ1v) is 6.48. The van der Waals surface area contributed by atoms with Crippen molar-refractivity contribution in [1.29, 1.82) is 0 Å². The molecule has 5 heteroatoms. The van der Waals surface area contributed by atoms with Gasteiger partial charge < -0.3 is 10.1 Å². The highest BCUT2D eigenvalue weighted by atomic mass is 35.5. The van der Waals surface area contributed by atoms with Crippen LogP contribution >= 0.6 is 23.2 Å². The summed E-state index contributed by atoms with van der Waals surface area (Å²) in [5.74, 6) is 0.304. The number of ether oxygens (including phenoxy) is 1. The van der Waals surface area contributed by atoms with Gasteiger partial charge in [0.15, 0.2) is 0 Å². The third kappa shape index (κ3) is 4.30. The first-order valence-electron chi connectivity index (χ1n) is 5.72. The van der Waals surface area contributed by atoms with Gasteiger partial charge in [0.05, 0.1) is 5.02 Å². The van der Waals surface area contributed by atoms with Crippen molar-refractivity contribution in [2.45, 2.75) is 0 Å². The molecule has 0 saturated carbocycles. The SMILES string of the molecule is Fc1cccc(NCCOc2ccc(Cl)cc2Cl)c1. The second kappa shape index (κ2) is 6.64. The molecule has 0 heterocycles. The number of halogens is 3. The van der Waals surface area contributed by atoms with Crippen LogP contribution < -0.4 is 10.1 Å². The maximum Gasteiger partial charge on any atom is 0.138 e. The summed E-state index contributed by atoms with van der Waals surface area (Å²) in [6, 6.07) is 11.3. The molecule has 2 aromatic rings. The van der Waals surface area contributed by atoms with Crippen LogP contribution in [0.15, 0.2) is 42.5 Å². The lowest BCUT2D eigenvalue weighted by molar-refractivity contribution is 0.333. The fraction of sp³-hybridized carbons (Fsp3) is 0.143. The molecule has 19 heavy (non-hydrogen) atoms. The molecule has 1 N–H and O–H groups in total. The molecule has 0 atom stereocenters. The van der Waals surface area contributed by atoms with Crippen LogP contribution in [-0.2, 0) is 0 Å². The van der Waals surface area contributed by atoms with Crippen LogP contribution in [0, 0.1) is 5.82 Å². The summed E-state index contributed by atoms with van der Waals surface area (Å²) < 4.78 is 18.4. The summed E-state index contributed by atoms with van der Waals surface area (Å²) in [4.78, 5) is 0. The van der Waals surface area contributed by atoms with Crippen LogP contribution in [0.4, 0.5) is 10.1 Å². The van der Waals surface area contributed by atoms with E-state index in [2.05, 4.69) is 5.32 Å². The van der Waals surface area contributed by atoms with E-state index in [0.29, 0.717) is 34.6 Å². The monoisotopic (exact) mass is 299 g/mol. The Morgan fingerprint density at radius 2 is 1.95 bits per heavy atom. The van der Waals surface area contributed by atoms with E-state index in [-0.39, 0.29) is 5.82 Å². The fourth-order valence-corrected chi connectivity index (χ4v) is 2.01. The van der Waals surface area contributed by atoms with Crippen LogP contribution in [0.25, 0.3) is 0 Å². The number of anilines is 1. The van der Waals surface area contributed by atoms with Crippen LogP contribution in [0.1, 0.15) is 0 Å². The standard InChI is InChI=1S/C14H12Cl2FNO/c15-10-4-5-14(13(16)8-10)19-7-6-18-12-3-1-2-11(17)9-12/h1-5,8-9,18H,6-7H2. The first-order chi connectivity index (χ1) is 9.15. The predicted molar refractivity (Wildman–Crippen MR) is 76.8 cm³/mol. The Hall–Kier alpha value is -1.45. The molecule has 100 valence electrons. The van der Waals surface area contributed by atoms with Gasteiger partial charge in [0.2, 0.25) is 0 Å². The fourth-order valence-electron chi connectivity index (χ4n) is 1.55. The van der Waals surface area contributed by atoms with E-state index in [4.69, 9.17) is 27.9 Å². The summed E-state index contributed by atoms with van der Waals surface area (Å²) in [6.45, 7) is 0.959. The van der Waals surface area contributed by atoms with Gasteiger partial charge in [0, 0.05) is 17.3 Å². The highest BCUT2D eigenvalue weighted by molar-refractivity contribution is 6.35. The van der Waals surface area contributed by atoms with Gasteiger partial charge in [-0.15, -0.1) is 0 Å². The van der Waals surface area contributed by atoms with E-state index in [0.717, 1.165) is 0 Å². The zero-order chi connectivity index (χ0) is 13.7. The predicted octanol–water partition coefficient (Wildman–Crippen LogP) is 4.62. The maximum atomic E-state index is 12.9. The van der Waals surface area contributed by atoms with Crippen molar-refractivity contribution in [1.82, 2.24) is 0 Å². The Morgan fingerprint density at radius 3 is 2.68 bits per heavy atom. The van der Waals surface area contributed by atoms with Crippen molar-refractivity contribution in [2.24, 2.45) is 0 Å². The molecule has 0 unspecified atom stereocenters. The molecule has 0 amide bonds. The van der Waals surface area contributed by atoms with Crippen molar-refractivity contribution in [2.75, 3.05) is 18.5 Å². The molecule has 0 saturated heterocycles. The number of benzene rings is 2. The second-order valence-electron chi connectivity index (χ2n) is 3.86. The minimum atomic E-state index is -0.272. The third-order valence-corrected chi connectivity index (χ3v) is 2.94. The topological polar surface area (TPSA) is 21.3 Å². The highest BCUT2D eigenvalue weighted by Crippen LogP contribution is 2.27. The lowest BCUT2D eigenvalue weighted by atomic mass is 10.3. The van der Waals surface area contributed by atoms with Gasteiger partial charge >= 0.3 is 0 Å². The van der Waals surface area contributed by atoms with E-state index < -0.39 is 0 Å². The Morgan fingerprint density at radius 1 is 1.11 bits per heavy atom. The summed E-state index contributed by atoms with van der Waals surface area (Å²) in [6.07, 6.45) is 0. The van der Waals surface area contributed by atoms with Crippen molar-refractivity contribution in [3.8, 4) is 5.75 Å². The van der Waals surface area contributed by atoms with Gasteiger partial charge in [0.1, 0.15) is 18.2 Å². The van der Waals surface area contributed by atoms with E-state index in [1.807, 2.05) is 0 Å². The van der Waals surface area contributed by atoms with E-state index >= 15 is 0 Å². The molecule has 2 aromatic carbocycles. The molecule has 0 bridgehead atoms. The molecule has 0 aliphatic rings. The van der Waals surface area contributed by atoms with Gasteiger partial charge in [-0.25, -0.2) is 4.39 Å².